The lowest BCUT2D eigenvalue weighted by molar-refractivity contribution is -0.147. The number of nitrogens with zero attached hydrogens (tertiary/aromatic N) is 2. The molecule has 0 radical (unpaired) electrons. The Morgan fingerprint density at radius 2 is 1.31 bits per heavy atom. The van der Waals surface area contributed by atoms with E-state index < -0.39 is 0 Å². The Bertz CT molecular complexity index is 450. The standard InChI is InChI=1S/C22H42N2O5/c1-5-6-21(25)28-17-19-7-9-20(10-8-19)18-29-22(26)11-12-24(4)14-16-27-15-13-23(2)3/h19-20H,5-18H2,1-4H3. The van der Waals surface area contributed by atoms with Gasteiger partial charge in [-0.15, -0.1) is 0 Å². The maximum atomic E-state index is 12.0. The van der Waals surface area contributed by atoms with E-state index >= 15 is 0 Å². The second-order valence-corrected chi connectivity index (χ2v) is 8.47. The van der Waals surface area contributed by atoms with Gasteiger partial charge in [0.15, 0.2) is 0 Å². The van der Waals surface area contributed by atoms with E-state index in [0.717, 1.165) is 51.8 Å². The largest absolute Gasteiger partial charge is 0.465 e. The van der Waals surface area contributed by atoms with Gasteiger partial charge in [-0.25, -0.2) is 0 Å². The molecule has 0 amide bonds. The summed E-state index contributed by atoms with van der Waals surface area (Å²) >= 11 is 0. The first kappa shape index (κ1) is 25.9. The smallest absolute Gasteiger partial charge is 0.307 e. The predicted molar refractivity (Wildman–Crippen MR) is 114 cm³/mol. The highest BCUT2D eigenvalue weighted by Gasteiger charge is 2.23. The molecule has 170 valence electrons. The molecule has 1 saturated carbocycles. The van der Waals surface area contributed by atoms with Crippen LogP contribution in [0.3, 0.4) is 0 Å². The molecule has 1 aliphatic carbocycles. The molecular weight excluding hydrogens is 372 g/mol. The van der Waals surface area contributed by atoms with Gasteiger partial charge >= 0.3 is 11.9 Å². The Labute approximate surface area is 177 Å². The van der Waals surface area contributed by atoms with Gasteiger partial charge in [0, 0.05) is 26.1 Å². The zero-order chi connectivity index (χ0) is 21.5. The number of hydrogen-bond acceptors (Lipinski definition) is 7. The molecule has 0 aromatic carbocycles. The van der Waals surface area contributed by atoms with E-state index in [0.29, 0.717) is 51.0 Å². The molecule has 0 N–H and O–H groups in total. The fourth-order valence-electron chi connectivity index (χ4n) is 3.30. The summed E-state index contributed by atoms with van der Waals surface area (Å²) in [6.07, 6.45) is 5.90. The van der Waals surface area contributed by atoms with Crippen LogP contribution in [-0.4, -0.2) is 88.9 Å². The maximum absolute atomic E-state index is 12.0. The fourth-order valence-corrected chi connectivity index (χ4v) is 3.30. The van der Waals surface area contributed by atoms with Crippen molar-refractivity contribution in [3.05, 3.63) is 0 Å². The van der Waals surface area contributed by atoms with Crippen LogP contribution < -0.4 is 0 Å². The number of ether oxygens (including phenoxy) is 3. The summed E-state index contributed by atoms with van der Waals surface area (Å²) in [6.45, 7) is 6.85. The van der Waals surface area contributed by atoms with E-state index in [-0.39, 0.29) is 11.9 Å². The van der Waals surface area contributed by atoms with Gasteiger partial charge in [0.25, 0.3) is 0 Å². The van der Waals surface area contributed by atoms with E-state index in [1.807, 2.05) is 28.1 Å². The molecule has 0 bridgehead atoms. The predicted octanol–water partition coefficient (Wildman–Crippen LogP) is 2.58. The number of esters is 2. The number of rotatable bonds is 15. The van der Waals surface area contributed by atoms with E-state index in [1.54, 1.807) is 0 Å². The molecular formula is C22H42N2O5. The minimum absolute atomic E-state index is 0.0892. The lowest BCUT2D eigenvalue weighted by Crippen LogP contribution is -2.28. The Morgan fingerprint density at radius 3 is 1.83 bits per heavy atom. The Kier molecular flexibility index (Phi) is 13.9. The third-order valence-corrected chi connectivity index (χ3v) is 5.38. The summed E-state index contributed by atoms with van der Waals surface area (Å²) in [7, 11) is 6.05. The van der Waals surface area contributed by atoms with E-state index in [9.17, 15) is 9.59 Å². The Balaban J connectivity index is 2.03. The second kappa shape index (κ2) is 15.6. The molecule has 0 aromatic heterocycles. The van der Waals surface area contributed by atoms with Gasteiger partial charge in [0.1, 0.15) is 0 Å². The highest BCUT2D eigenvalue weighted by Crippen LogP contribution is 2.29. The Hall–Kier alpha value is -1.18. The van der Waals surface area contributed by atoms with Crippen molar-refractivity contribution < 1.29 is 23.8 Å². The van der Waals surface area contributed by atoms with Gasteiger partial charge < -0.3 is 24.0 Å². The van der Waals surface area contributed by atoms with Crippen LogP contribution >= 0.6 is 0 Å². The molecule has 0 aromatic rings. The zero-order valence-corrected chi connectivity index (χ0v) is 19.0. The molecule has 1 rings (SSSR count). The number of hydrogen-bond donors (Lipinski definition) is 0. The monoisotopic (exact) mass is 414 g/mol. The molecule has 1 fully saturated rings. The topological polar surface area (TPSA) is 68.3 Å². The molecule has 1 aliphatic rings. The minimum Gasteiger partial charge on any atom is -0.465 e. The quantitative estimate of drug-likeness (QED) is 0.301. The summed E-state index contributed by atoms with van der Waals surface area (Å²) in [6, 6.07) is 0. The van der Waals surface area contributed by atoms with E-state index in [4.69, 9.17) is 14.2 Å². The molecule has 29 heavy (non-hydrogen) atoms. The maximum Gasteiger partial charge on any atom is 0.307 e. The van der Waals surface area contributed by atoms with Crippen LogP contribution in [0.2, 0.25) is 0 Å². The third-order valence-electron chi connectivity index (χ3n) is 5.38. The van der Waals surface area contributed by atoms with Gasteiger partial charge in [-0.3, -0.25) is 9.59 Å². The minimum atomic E-state index is -0.124. The second-order valence-electron chi connectivity index (χ2n) is 8.47. The van der Waals surface area contributed by atoms with Crippen molar-refractivity contribution in [1.82, 2.24) is 9.80 Å². The average Bonchev–Trinajstić information content (AvgIpc) is 2.69. The van der Waals surface area contributed by atoms with Crippen LogP contribution in [-0.2, 0) is 23.8 Å². The molecule has 0 aliphatic heterocycles. The van der Waals surface area contributed by atoms with Crippen molar-refractivity contribution in [1.29, 1.82) is 0 Å². The lowest BCUT2D eigenvalue weighted by Gasteiger charge is -2.28. The van der Waals surface area contributed by atoms with Gasteiger partial charge in [0.05, 0.1) is 32.8 Å². The van der Waals surface area contributed by atoms with Crippen molar-refractivity contribution in [3.63, 3.8) is 0 Å². The van der Waals surface area contributed by atoms with Crippen LogP contribution in [0.15, 0.2) is 0 Å². The number of carbonyl (C=O) groups is 2. The van der Waals surface area contributed by atoms with Crippen molar-refractivity contribution >= 4 is 11.9 Å². The molecule has 7 heteroatoms. The molecule has 7 nitrogen and oxygen atoms in total. The molecule has 0 atom stereocenters. The summed E-state index contributed by atoms with van der Waals surface area (Å²) in [5.74, 6) is 0.676. The van der Waals surface area contributed by atoms with Crippen LogP contribution in [0.5, 0.6) is 0 Å². The number of carbonyl (C=O) groups excluding carboxylic acids is 2. The van der Waals surface area contributed by atoms with Gasteiger partial charge in [0.2, 0.25) is 0 Å². The first-order valence-corrected chi connectivity index (χ1v) is 11.1. The summed E-state index contributed by atoms with van der Waals surface area (Å²) in [5.41, 5.74) is 0. The normalized spacial score (nSPS) is 19.5. The van der Waals surface area contributed by atoms with Gasteiger partial charge in [-0.2, -0.15) is 0 Å². The third kappa shape index (κ3) is 13.6. The molecule has 0 spiro atoms. The first-order valence-electron chi connectivity index (χ1n) is 11.1. The van der Waals surface area contributed by atoms with Crippen molar-refractivity contribution in [2.75, 3.05) is 67.2 Å². The highest BCUT2D eigenvalue weighted by molar-refractivity contribution is 5.69. The van der Waals surface area contributed by atoms with Crippen LogP contribution in [0.1, 0.15) is 51.9 Å². The lowest BCUT2D eigenvalue weighted by atomic mass is 9.83. The van der Waals surface area contributed by atoms with Gasteiger partial charge in [-0.1, -0.05) is 6.92 Å². The molecule has 0 heterocycles. The highest BCUT2D eigenvalue weighted by atomic mass is 16.5. The van der Waals surface area contributed by atoms with E-state index in [2.05, 4.69) is 9.80 Å². The fraction of sp³-hybridized carbons (Fsp3) is 0.909. The summed E-state index contributed by atoms with van der Waals surface area (Å²) in [5, 5.41) is 0. The Morgan fingerprint density at radius 1 is 0.793 bits per heavy atom. The van der Waals surface area contributed by atoms with Crippen molar-refractivity contribution in [2.45, 2.75) is 51.9 Å². The SMILES string of the molecule is CCCC(=O)OCC1CCC(COC(=O)CCN(C)CCOCCN(C)C)CC1. The number of likely N-dealkylation sites (N-methyl/N-ethyl adjacent to an activating group) is 2. The molecule has 0 unspecified atom stereocenters. The first-order chi connectivity index (χ1) is 13.9. The molecule has 0 saturated heterocycles. The summed E-state index contributed by atoms with van der Waals surface area (Å²) in [4.78, 5) is 27.6. The van der Waals surface area contributed by atoms with Crippen molar-refractivity contribution in [3.8, 4) is 0 Å². The average molecular weight is 415 g/mol. The van der Waals surface area contributed by atoms with Crippen LogP contribution in [0.25, 0.3) is 0 Å². The van der Waals surface area contributed by atoms with Crippen LogP contribution in [0.4, 0.5) is 0 Å². The van der Waals surface area contributed by atoms with Crippen LogP contribution in [0, 0.1) is 11.8 Å². The van der Waals surface area contributed by atoms with Crippen molar-refractivity contribution in [2.24, 2.45) is 11.8 Å². The summed E-state index contributed by atoms with van der Waals surface area (Å²) < 4.78 is 16.4. The zero-order valence-electron chi connectivity index (χ0n) is 19.0. The van der Waals surface area contributed by atoms with E-state index in [1.165, 1.54) is 0 Å². The van der Waals surface area contributed by atoms with Gasteiger partial charge in [-0.05, 0) is 65.1 Å².